The lowest BCUT2D eigenvalue weighted by atomic mass is 9.82. The highest BCUT2D eigenvalue weighted by Gasteiger charge is 2.35. The molecule has 1 aliphatic carbocycles. The van der Waals surface area contributed by atoms with Gasteiger partial charge in [-0.25, -0.2) is 15.0 Å². The smallest absolute Gasteiger partial charge is 0.167 e. The zero-order valence-electron chi connectivity index (χ0n) is 37.1. The van der Waals surface area contributed by atoms with E-state index >= 15 is 0 Å². The molecule has 0 saturated heterocycles. The van der Waals surface area contributed by atoms with Crippen molar-refractivity contribution in [3.05, 3.63) is 193 Å². The Bertz CT molecular complexity index is 3700. The Hall–Kier alpha value is -7.63. The van der Waals surface area contributed by atoms with Gasteiger partial charge in [-0.1, -0.05) is 153 Å². The third kappa shape index (κ3) is 5.14. The number of benzene rings is 8. The lowest BCUT2D eigenvalue weighted by Crippen LogP contribution is -2.15. The van der Waals surface area contributed by atoms with Crippen LogP contribution in [0.2, 0.25) is 0 Å². The highest BCUT2D eigenvalue weighted by molar-refractivity contribution is 6.13. The van der Waals surface area contributed by atoms with E-state index in [9.17, 15) is 0 Å². The second-order valence-electron chi connectivity index (χ2n) is 15.7. The molecule has 3 aromatic heterocycles. The molecule has 8 aromatic carbocycles. The van der Waals surface area contributed by atoms with Crippen LogP contribution in [0.15, 0.2) is 186 Å². The Morgan fingerprint density at radius 2 is 1.12 bits per heavy atom. The van der Waals surface area contributed by atoms with E-state index in [0.717, 1.165) is 60.5 Å². The van der Waals surface area contributed by atoms with Crippen molar-refractivity contribution in [2.75, 3.05) is 0 Å². The summed E-state index contributed by atoms with van der Waals surface area (Å²) in [5.74, 6) is 0.474. The lowest BCUT2D eigenvalue weighted by molar-refractivity contribution is 0.660. The van der Waals surface area contributed by atoms with E-state index in [1.807, 2.05) is 54.6 Å². The van der Waals surface area contributed by atoms with Crippen LogP contribution in [0.5, 0.6) is 0 Å². The summed E-state index contributed by atoms with van der Waals surface area (Å²) < 4.78 is 52.8. The predicted molar refractivity (Wildman–Crippen MR) is 241 cm³/mol. The van der Waals surface area contributed by atoms with E-state index in [-0.39, 0.29) is 22.6 Å². The fraction of sp³-hybridized carbons (Fsp3) is 0.0556. The van der Waals surface area contributed by atoms with Crippen LogP contribution in [0.3, 0.4) is 0 Å². The van der Waals surface area contributed by atoms with Gasteiger partial charge in [0.2, 0.25) is 0 Å². The minimum atomic E-state index is -0.494. The molecule has 0 spiro atoms. The monoisotopic (exact) mass is 761 g/mol. The van der Waals surface area contributed by atoms with Gasteiger partial charge in [-0.2, -0.15) is 0 Å². The van der Waals surface area contributed by atoms with Crippen LogP contribution in [0.25, 0.3) is 106 Å². The quantitative estimate of drug-likeness (QED) is 0.175. The zero-order chi connectivity index (χ0) is 43.6. The molecule has 0 radical (unpaired) electrons. The molecule has 3 heterocycles. The van der Waals surface area contributed by atoms with Crippen molar-refractivity contribution in [2.24, 2.45) is 0 Å². The van der Waals surface area contributed by atoms with E-state index in [4.69, 9.17) is 26.2 Å². The molecule has 5 heteroatoms. The van der Waals surface area contributed by atoms with Gasteiger partial charge >= 0.3 is 0 Å². The SMILES string of the molecule is [2H]c1c([2H])c([2H])c(-c2nc(-c3ccc4c(c3)C(C)(C)c3ccccc3-4)nc(-c3cc(-n4c5ccccc5c5ccccc54)cc4c3oc3cc(-c5ccccc5)ccc34)n2)c([2H])c1[2H]. The first-order valence-electron chi connectivity index (χ1n) is 22.2. The van der Waals surface area contributed by atoms with E-state index < -0.39 is 30.2 Å². The molecule has 0 amide bonds. The van der Waals surface area contributed by atoms with Crippen LogP contribution in [0.1, 0.15) is 31.8 Å². The molecule has 59 heavy (non-hydrogen) atoms. The Kier molecular flexibility index (Phi) is 6.18. The Balaban J connectivity index is 1.17. The highest BCUT2D eigenvalue weighted by Crippen LogP contribution is 2.49. The van der Waals surface area contributed by atoms with Crippen LogP contribution in [-0.2, 0) is 5.41 Å². The van der Waals surface area contributed by atoms with Crippen molar-refractivity contribution in [1.82, 2.24) is 19.5 Å². The lowest BCUT2D eigenvalue weighted by Gasteiger charge is -2.21. The molecule has 0 saturated carbocycles. The molecule has 5 nitrogen and oxygen atoms in total. The summed E-state index contributed by atoms with van der Waals surface area (Å²) >= 11 is 0. The fourth-order valence-corrected chi connectivity index (χ4v) is 9.11. The van der Waals surface area contributed by atoms with Gasteiger partial charge in [0.05, 0.1) is 23.5 Å². The number of nitrogens with zero attached hydrogens (tertiary/aromatic N) is 4. The number of hydrogen-bond acceptors (Lipinski definition) is 4. The Labute approximate surface area is 347 Å². The third-order valence-electron chi connectivity index (χ3n) is 11.9. The summed E-state index contributed by atoms with van der Waals surface area (Å²) in [5.41, 5.74) is 11.6. The second kappa shape index (κ2) is 12.7. The fourth-order valence-electron chi connectivity index (χ4n) is 9.11. The number of rotatable bonds is 5. The van der Waals surface area contributed by atoms with Crippen LogP contribution in [0.4, 0.5) is 0 Å². The summed E-state index contributed by atoms with van der Waals surface area (Å²) in [5, 5.41) is 3.96. The molecular weight excluding hydrogens is 721 g/mol. The largest absolute Gasteiger partial charge is 0.455 e. The van der Waals surface area contributed by atoms with Crippen LogP contribution >= 0.6 is 0 Å². The first kappa shape index (κ1) is 28.7. The third-order valence-corrected chi connectivity index (χ3v) is 11.9. The van der Waals surface area contributed by atoms with Gasteiger partial charge in [0, 0.05) is 43.8 Å². The minimum absolute atomic E-state index is 0.0436. The molecule has 0 atom stereocenters. The number of aromatic nitrogens is 4. The number of fused-ring (bicyclic) bond motifs is 9. The summed E-state index contributed by atoms with van der Waals surface area (Å²) in [6.07, 6.45) is 0. The van der Waals surface area contributed by atoms with Crippen molar-refractivity contribution in [3.63, 3.8) is 0 Å². The maximum Gasteiger partial charge on any atom is 0.167 e. The van der Waals surface area contributed by atoms with Crippen LogP contribution < -0.4 is 0 Å². The zero-order valence-corrected chi connectivity index (χ0v) is 32.1. The van der Waals surface area contributed by atoms with Crippen molar-refractivity contribution in [1.29, 1.82) is 0 Å². The molecule has 12 rings (SSSR count). The molecule has 0 fully saturated rings. The molecule has 0 aliphatic heterocycles. The average Bonchev–Trinajstić information content (AvgIpc) is 3.95. The highest BCUT2D eigenvalue weighted by atomic mass is 16.3. The van der Waals surface area contributed by atoms with Crippen molar-refractivity contribution in [3.8, 4) is 62.1 Å². The number of furan rings is 1. The standard InChI is InChI=1S/C54H36N4O/c1-54(2)45-22-12-9-19-38(45)39-27-26-36(29-46(39)54)52-55-51(34-17-7-4-8-18-34)56-53(57-52)44-32-37(58-47-23-13-10-20-40(47)41-21-11-14-24-48(41)58)31-43-42-28-25-35(30-49(42)59-50(43)44)33-15-5-3-6-16-33/h3-32H,1-2H3/i4D,7D,8D,17D,18D. The Morgan fingerprint density at radius 1 is 0.475 bits per heavy atom. The Morgan fingerprint density at radius 3 is 1.90 bits per heavy atom. The van der Waals surface area contributed by atoms with Gasteiger partial charge in [0.1, 0.15) is 11.2 Å². The molecular formula is C54H36N4O. The van der Waals surface area contributed by atoms with E-state index in [2.05, 4.69) is 115 Å². The summed E-state index contributed by atoms with van der Waals surface area (Å²) in [7, 11) is 0. The van der Waals surface area contributed by atoms with E-state index in [1.165, 1.54) is 11.1 Å². The molecule has 1 aliphatic rings. The van der Waals surface area contributed by atoms with E-state index in [1.54, 1.807) is 0 Å². The van der Waals surface area contributed by atoms with Crippen molar-refractivity contribution >= 4 is 43.7 Å². The maximum atomic E-state index is 9.03. The topological polar surface area (TPSA) is 56.7 Å². The molecule has 278 valence electrons. The molecule has 0 bridgehead atoms. The number of para-hydroxylation sites is 2. The van der Waals surface area contributed by atoms with Crippen LogP contribution in [-0.4, -0.2) is 19.5 Å². The van der Waals surface area contributed by atoms with Gasteiger partial charge in [0.15, 0.2) is 17.5 Å². The van der Waals surface area contributed by atoms with Gasteiger partial charge < -0.3 is 8.98 Å². The molecule has 0 unspecified atom stereocenters. The molecule has 11 aromatic rings. The van der Waals surface area contributed by atoms with Gasteiger partial charge in [0.25, 0.3) is 0 Å². The van der Waals surface area contributed by atoms with Gasteiger partial charge in [-0.15, -0.1) is 0 Å². The van der Waals surface area contributed by atoms with Gasteiger partial charge in [-0.3, -0.25) is 0 Å². The first-order chi connectivity index (χ1) is 31.1. The summed E-state index contributed by atoms with van der Waals surface area (Å²) in [6, 6.07) is 49.6. The van der Waals surface area contributed by atoms with Gasteiger partial charge in [-0.05, 0) is 75.8 Å². The van der Waals surface area contributed by atoms with Crippen LogP contribution in [0, 0.1) is 0 Å². The minimum Gasteiger partial charge on any atom is -0.455 e. The second-order valence-corrected chi connectivity index (χ2v) is 15.7. The van der Waals surface area contributed by atoms with E-state index in [0.29, 0.717) is 28.1 Å². The summed E-state index contributed by atoms with van der Waals surface area (Å²) in [6.45, 7) is 4.42. The van der Waals surface area contributed by atoms with Crippen molar-refractivity contribution < 1.29 is 11.3 Å². The average molecular weight is 762 g/mol. The normalized spacial score (nSPS) is 14.2. The molecule has 0 N–H and O–H groups in total. The maximum absolute atomic E-state index is 9.03. The first-order valence-corrected chi connectivity index (χ1v) is 19.7. The summed E-state index contributed by atoms with van der Waals surface area (Å²) in [4.78, 5) is 15.2. The predicted octanol–water partition coefficient (Wildman–Crippen LogP) is 13.8. The van der Waals surface area contributed by atoms with Crippen molar-refractivity contribution in [2.45, 2.75) is 19.3 Å². The number of hydrogen-bond donors (Lipinski definition) is 0.